The summed E-state index contributed by atoms with van der Waals surface area (Å²) in [6.07, 6.45) is 3.50. The normalized spacial score (nSPS) is 19.7. The van der Waals surface area contributed by atoms with Crippen LogP contribution in [0.3, 0.4) is 0 Å². The molecule has 1 fully saturated rings. The van der Waals surface area contributed by atoms with E-state index in [1.165, 1.54) is 0 Å². The average Bonchev–Trinajstić information content (AvgIpc) is 3.10. The van der Waals surface area contributed by atoms with Gasteiger partial charge in [0.05, 0.1) is 39.2 Å². The van der Waals surface area contributed by atoms with Gasteiger partial charge in [0.1, 0.15) is 0 Å². The van der Waals surface area contributed by atoms with E-state index in [1.807, 2.05) is 35.5 Å². The predicted octanol–water partition coefficient (Wildman–Crippen LogP) is 4.05. The smallest absolute Gasteiger partial charge is 0.323 e. The summed E-state index contributed by atoms with van der Waals surface area (Å²) < 4.78 is 1.13. The molecule has 0 radical (unpaired) electrons. The molecule has 0 saturated carbocycles. The van der Waals surface area contributed by atoms with Crippen LogP contribution in [0.25, 0.3) is 10.2 Å². The number of thiazole rings is 1. The first-order chi connectivity index (χ1) is 11.5. The molecular formula is C18H18N4OS. The highest BCUT2D eigenvalue weighted by Gasteiger charge is 2.48. The van der Waals surface area contributed by atoms with Crippen LogP contribution in [0, 0.1) is 6.92 Å². The quantitative estimate of drug-likeness (QED) is 0.767. The predicted molar refractivity (Wildman–Crippen MR) is 96.4 cm³/mol. The molecule has 3 heterocycles. The van der Waals surface area contributed by atoms with Crippen molar-refractivity contribution < 1.29 is 4.79 Å². The largest absolute Gasteiger partial charge is 0.328 e. The molecule has 3 aromatic rings. The Bertz CT molecular complexity index is 933. The van der Waals surface area contributed by atoms with Crippen LogP contribution in [0.4, 0.5) is 10.5 Å². The molecule has 1 aliphatic heterocycles. The topological polar surface area (TPSA) is 58.1 Å². The van der Waals surface area contributed by atoms with Crippen LogP contribution in [0.2, 0.25) is 0 Å². The number of anilines is 1. The zero-order valence-electron chi connectivity index (χ0n) is 13.8. The average molecular weight is 338 g/mol. The minimum Gasteiger partial charge on any atom is -0.328 e. The Kier molecular flexibility index (Phi) is 3.31. The Labute approximate surface area is 144 Å². The van der Waals surface area contributed by atoms with E-state index in [4.69, 9.17) is 0 Å². The highest BCUT2D eigenvalue weighted by Crippen LogP contribution is 2.41. The number of urea groups is 1. The SMILES string of the molecule is Cc1ccncc1N1C(=O)NC(c2ccc3ncsc3c2)C1(C)C. The maximum Gasteiger partial charge on any atom is 0.323 e. The van der Waals surface area contributed by atoms with Gasteiger partial charge in [-0.3, -0.25) is 9.88 Å². The first kappa shape index (κ1) is 15.1. The summed E-state index contributed by atoms with van der Waals surface area (Å²) >= 11 is 1.61. The lowest BCUT2D eigenvalue weighted by atomic mass is 9.88. The number of nitrogens with one attached hydrogen (secondary N) is 1. The van der Waals surface area contributed by atoms with E-state index in [2.05, 4.69) is 35.2 Å². The summed E-state index contributed by atoms with van der Waals surface area (Å²) in [5.74, 6) is 0. The highest BCUT2D eigenvalue weighted by atomic mass is 32.1. The molecule has 1 unspecified atom stereocenters. The second-order valence-corrected chi connectivity index (χ2v) is 7.50. The zero-order valence-corrected chi connectivity index (χ0v) is 14.6. The first-order valence-electron chi connectivity index (χ1n) is 7.83. The number of carbonyl (C=O) groups excluding carboxylic acids is 1. The van der Waals surface area contributed by atoms with Crippen molar-refractivity contribution in [2.75, 3.05) is 4.90 Å². The fourth-order valence-electron chi connectivity index (χ4n) is 3.41. The number of amides is 2. The summed E-state index contributed by atoms with van der Waals surface area (Å²) in [5.41, 5.74) is 5.40. The van der Waals surface area contributed by atoms with Crippen molar-refractivity contribution in [3.05, 3.63) is 53.3 Å². The van der Waals surface area contributed by atoms with Crippen molar-refractivity contribution in [1.82, 2.24) is 15.3 Å². The molecule has 122 valence electrons. The standard InChI is InChI=1S/C18H18N4OS/c1-11-6-7-19-9-14(11)22-17(23)21-16(18(22,2)3)12-4-5-13-15(8-12)24-10-20-13/h4-10,16H,1-3H3,(H,21,23). The van der Waals surface area contributed by atoms with Gasteiger partial charge in [-0.05, 0) is 50.1 Å². The second-order valence-electron chi connectivity index (χ2n) is 6.61. The molecule has 1 aliphatic rings. The molecule has 0 bridgehead atoms. The summed E-state index contributed by atoms with van der Waals surface area (Å²) in [4.78, 5) is 23.1. The number of hydrogen-bond donors (Lipinski definition) is 1. The Balaban J connectivity index is 1.78. The molecule has 0 aliphatic carbocycles. The Morgan fingerprint density at radius 3 is 2.92 bits per heavy atom. The first-order valence-corrected chi connectivity index (χ1v) is 8.71. The fraction of sp³-hybridized carbons (Fsp3) is 0.278. The molecule has 1 N–H and O–H groups in total. The minimum atomic E-state index is -0.413. The fourth-order valence-corrected chi connectivity index (χ4v) is 4.13. The van der Waals surface area contributed by atoms with Crippen molar-refractivity contribution >= 4 is 33.3 Å². The van der Waals surface area contributed by atoms with Gasteiger partial charge in [-0.25, -0.2) is 9.78 Å². The maximum absolute atomic E-state index is 12.7. The van der Waals surface area contributed by atoms with Gasteiger partial charge < -0.3 is 5.32 Å². The highest BCUT2D eigenvalue weighted by molar-refractivity contribution is 7.16. The third-order valence-corrected chi connectivity index (χ3v) is 5.49. The monoisotopic (exact) mass is 338 g/mol. The van der Waals surface area contributed by atoms with Gasteiger partial charge in [0.15, 0.2) is 0 Å². The number of carbonyl (C=O) groups is 1. The van der Waals surface area contributed by atoms with Crippen LogP contribution in [0.5, 0.6) is 0 Å². The lowest BCUT2D eigenvalue weighted by Gasteiger charge is -2.34. The number of nitrogens with zero attached hydrogens (tertiary/aromatic N) is 3. The van der Waals surface area contributed by atoms with E-state index in [1.54, 1.807) is 23.7 Å². The molecule has 5 nitrogen and oxygen atoms in total. The van der Waals surface area contributed by atoms with E-state index < -0.39 is 5.54 Å². The van der Waals surface area contributed by atoms with E-state index in [-0.39, 0.29) is 12.1 Å². The number of fused-ring (bicyclic) bond motifs is 1. The molecule has 1 saturated heterocycles. The molecule has 24 heavy (non-hydrogen) atoms. The Morgan fingerprint density at radius 2 is 2.12 bits per heavy atom. The van der Waals surface area contributed by atoms with Gasteiger partial charge in [0.2, 0.25) is 0 Å². The van der Waals surface area contributed by atoms with Crippen LogP contribution in [0.1, 0.15) is 31.0 Å². The van der Waals surface area contributed by atoms with Crippen LogP contribution < -0.4 is 10.2 Å². The van der Waals surface area contributed by atoms with Crippen molar-refractivity contribution in [1.29, 1.82) is 0 Å². The van der Waals surface area contributed by atoms with E-state index in [9.17, 15) is 4.79 Å². The Morgan fingerprint density at radius 1 is 1.29 bits per heavy atom. The molecule has 6 heteroatoms. The van der Waals surface area contributed by atoms with Crippen molar-refractivity contribution in [3.63, 3.8) is 0 Å². The molecule has 1 atom stereocenters. The lowest BCUT2D eigenvalue weighted by molar-refractivity contribution is 0.250. The van der Waals surface area contributed by atoms with Crippen LogP contribution in [-0.4, -0.2) is 21.5 Å². The summed E-state index contributed by atoms with van der Waals surface area (Å²) in [6.45, 7) is 6.16. The minimum absolute atomic E-state index is 0.0921. The van der Waals surface area contributed by atoms with Crippen LogP contribution in [0.15, 0.2) is 42.2 Å². The molecular weight excluding hydrogens is 320 g/mol. The number of benzene rings is 1. The third-order valence-electron chi connectivity index (χ3n) is 4.69. The summed E-state index contributed by atoms with van der Waals surface area (Å²) in [5, 5.41) is 3.14. The number of aryl methyl sites for hydroxylation is 1. The van der Waals surface area contributed by atoms with E-state index in [0.717, 1.165) is 27.0 Å². The third kappa shape index (κ3) is 2.17. The number of hydrogen-bond acceptors (Lipinski definition) is 4. The van der Waals surface area contributed by atoms with Crippen LogP contribution in [-0.2, 0) is 0 Å². The molecule has 2 aromatic heterocycles. The molecule has 1 aromatic carbocycles. The van der Waals surface area contributed by atoms with Crippen molar-refractivity contribution in [2.24, 2.45) is 0 Å². The molecule has 0 spiro atoms. The summed E-state index contributed by atoms with van der Waals surface area (Å²) in [6, 6.07) is 7.92. The van der Waals surface area contributed by atoms with Gasteiger partial charge in [-0.1, -0.05) is 6.07 Å². The van der Waals surface area contributed by atoms with Gasteiger partial charge in [0, 0.05) is 6.20 Å². The molecule has 4 rings (SSSR count). The zero-order chi connectivity index (χ0) is 16.9. The number of pyridine rings is 1. The van der Waals surface area contributed by atoms with E-state index >= 15 is 0 Å². The van der Waals surface area contributed by atoms with Gasteiger partial charge >= 0.3 is 6.03 Å². The van der Waals surface area contributed by atoms with Gasteiger partial charge in [-0.15, -0.1) is 11.3 Å². The van der Waals surface area contributed by atoms with Gasteiger partial charge in [-0.2, -0.15) is 0 Å². The maximum atomic E-state index is 12.7. The lowest BCUT2D eigenvalue weighted by Crippen LogP contribution is -2.43. The number of rotatable bonds is 2. The Hall–Kier alpha value is -2.47. The van der Waals surface area contributed by atoms with Crippen molar-refractivity contribution in [2.45, 2.75) is 32.4 Å². The van der Waals surface area contributed by atoms with Crippen molar-refractivity contribution in [3.8, 4) is 0 Å². The van der Waals surface area contributed by atoms with E-state index in [0.29, 0.717) is 0 Å². The second kappa shape index (κ2) is 5.27. The summed E-state index contributed by atoms with van der Waals surface area (Å²) in [7, 11) is 0. The molecule has 2 amide bonds. The number of aromatic nitrogens is 2. The van der Waals surface area contributed by atoms with Crippen LogP contribution >= 0.6 is 11.3 Å². The van der Waals surface area contributed by atoms with Gasteiger partial charge in [0.25, 0.3) is 0 Å².